The van der Waals surface area contributed by atoms with Crippen molar-refractivity contribution in [1.82, 2.24) is 20.0 Å². The molecule has 8 nitrogen and oxygen atoms in total. The highest BCUT2D eigenvalue weighted by atomic mass is 19.1. The molecule has 2 N–H and O–H groups in total. The summed E-state index contributed by atoms with van der Waals surface area (Å²) < 4.78 is 15.3. The van der Waals surface area contributed by atoms with Crippen LogP contribution in [-0.2, 0) is 6.54 Å². The van der Waals surface area contributed by atoms with Crippen molar-refractivity contribution in [2.24, 2.45) is 0 Å². The summed E-state index contributed by atoms with van der Waals surface area (Å²) in [6.45, 7) is 0.451. The van der Waals surface area contributed by atoms with E-state index in [2.05, 4.69) is 25.9 Å². The Balaban J connectivity index is 1.49. The summed E-state index contributed by atoms with van der Waals surface area (Å²) in [6.07, 6.45) is 2.98. The molecule has 9 heteroatoms. The smallest absolute Gasteiger partial charge is 0.277 e. The lowest BCUT2D eigenvalue weighted by molar-refractivity contribution is 0.101. The topological polar surface area (TPSA) is 102 Å². The molecule has 2 aromatic carbocycles. The molecule has 0 unspecified atom stereocenters. The first-order chi connectivity index (χ1) is 15.1. The number of carbonyl (C=O) groups excluding carboxylic acids is 2. The lowest BCUT2D eigenvalue weighted by atomic mass is 10.2. The van der Waals surface area contributed by atoms with E-state index in [1.807, 2.05) is 30.3 Å². The number of carbonyl (C=O) groups is 2. The summed E-state index contributed by atoms with van der Waals surface area (Å²) in [6, 6.07) is 18.2. The van der Waals surface area contributed by atoms with E-state index in [9.17, 15) is 14.0 Å². The monoisotopic (exact) mass is 416 g/mol. The fourth-order valence-electron chi connectivity index (χ4n) is 2.85. The summed E-state index contributed by atoms with van der Waals surface area (Å²) in [5.41, 5.74) is 1.56. The van der Waals surface area contributed by atoms with Crippen molar-refractivity contribution in [3.05, 3.63) is 102 Å². The third kappa shape index (κ3) is 4.96. The zero-order valence-corrected chi connectivity index (χ0v) is 16.2. The minimum atomic E-state index is -0.585. The third-order valence-electron chi connectivity index (χ3n) is 4.33. The second-order valence-corrected chi connectivity index (χ2v) is 6.60. The van der Waals surface area contributed by atoms with Gasteiger partial charge in [-0.15, -0.1) is 5.10 Å². The molecular formula is C22H17FN6O2. The molecule has 2 aromatic heterocycles. The number of amides is 2. The number of pyridine rings is 1. The molecule has 31 heavy (non-hydrogen) atoms. The highest BCUT2D eigenvalue weighted by Crippen LogP contribution is 2.24. The summed E-state index contributed by atoms with van der Waals surface area (Å²) in [5, 5.41) is 13.0. The molecule has 0 saturated carbocycles. The zero-order chi connectivity index (χ0) is 21.6. The van der Waals surface area contributed by atoms with E-state index >= 15 is 0 Å². The Bertz CT molecular complexity index is 1210. The Morgan fingerprint density at radius 3 is 2.39 bits per heavy atom. The van der Waals surface area contributed by atoms with Crippen LogP contribution in [0.25, 0.3) is 0 Å². The summed E-state index contributed by atoms with van der Waals surface area (Å²) in [4.78, 5) is 29.0. The molecule has 4 rings (SSSR count). The van der Waals surface area contributed by atoms with Crippen molar-refractivity contribution in [3.63, 3.8) is 0 Å². The van der Waals surface area contributed by atoms with Gasteiger partial charge in [-0.3, -0.25) is 14.6 Å². The van der Waals surface area contributed by atoms with E-state index in [-0.39, 0.29) is 22.8 Å². The first-order valence-electron chi connectivity index (χ1n) is 9.36. The van der Waals surface area contributed by atoms with Crippen LogP contribution in [0.5, 0.6) is 0 Å². The van der Waals surface area contributed by atoms with Crippen molar-refractivity contribution in [1.29, 1.82) is 0 Å². The average Bonchev–Trinajstić information content (AvgIpc) is 3.25. The van der Waals surface area contributed by atoms with Crippen LogP contribution in [0.3, 0.4) is 0 Å². The first-order valence-corrected chi connectivity index (χ1v) is 9.36. The number of halogens is 1. The minimum absolute atomic E-state index is 0.0576. The summed E-state index contributed by atoms with van der Waals surface area (Å²) in [5.74, 6) is -1.64. The van der Waals surface area contributed by atoms with Crippen molar-refractivity contribution in [3.8, 4) is 0 Å². The molecule has 0 atom stereocenters. The van der Waals surface area contributed by atoms with Gasteiger partial charge in [-0.2, -0.15) is 0 Å². The van der Waals surface area contributed by atoms with Gasteiger partial charge in [0.05, 0.1) is 24.1 Å². The summed E-state index contributed by atoms with van der Waals surface area (Å²) in [7, 11) is 0. The van der Waals surface area contributed by atoms with E-state index in [0.717, 1.165) is 11.6 Å². The predicted octanol–water partition coefficient (Wildman–Crippen LogP) is 3.37. The van der Waals surface area contributed by atoms with E-state index in [4.69, 9.17) is 0 Å². The minimum Gasteiger partial charge on any atom is -0.319 e. The number of nitrogens with one attached hydrogen (secondary N) is 2. The number of nitrogens with zero attached hydrogens (tertiary/aromatic N) is 4. The number of anilines is 2. The number of benzene rings is 2. The Hall–Kier alpha value is -4.40. The fourth-order valence-corrected chi connectivity index (χ4v) is 2.85. The van der Waals surface area contributed by atoms with E-state index in [1.165, 1.54) is 29.2 Å². The van der Waals surface area contributed by atoms with Crippen LogP contribution in [0.4, 0.5) is 15.8 Å². The zero-order valence-electron chi connectivity index (χ0n) is 16.2. The van der Waals surface area contributed by atoms with Gasteiger partial charge in [0.1, 0.15) is 11.5 Å². The van der Waals surface area contributed by atoms with Crippen molar-refractivity contribution in [2.45, 2.75) is 6.54 Å². The number of hydrogen-bond donors (Lipinski definition) is 2. The second kappa shape index (κ2) is 8.95. The van der Waals surface area contributed by atoms with Gasteiger partial charge in [0.15, 0.2) is 5.69 Å². The quantitative estimate of drug-likeness (QED) is 0.502. The maximum absolute atomic E-state index is 13.8. The second-order valence-electron chi connectivity index (χ2n) is 6.60. The van der Waals surface area contributed by atoms with Crippen LogP contribution < -0.4 is 10.6 Å². The molecule has 4 aromatic rings. The van der Waals surface area contributed by atoms with E-state index in [0.29, 0.717) is 6.54 Å². The van der Waals surface area contributed by atoms with Gasteiger partial charge < -0.3 is 10.6 Å². The van der Waals surface area contributed by atoms with Gasteiger partial charge >= 0.3 is 0 Å². The van der Waals surface area contributed by atoms with Gasteiger partial charge in [-0.1, -0.05) is 41.6 Å². The average molecular weight is 416 g/mol. The number of hydrogen-bond acceptors (Lipinski definition) is 5. The lowest BCUT2D eigenvalue weighted by Gasteiger charge is -2.11. The SMILES string of the molecule is O=C(Nc1ccc(F)cc1NC(=O)c1cn(Cc2ccccc2)nn1)c1ccccn1. The Labute approximate surface area is 176 Å². The molecule has 0 bridgehead atoms. The molecule has 154 valence electrons. The highest BCUT2D eigenvalue weighted by Gasteiger charge is 2.16. The Kier molecular flexibility index (Phi) is 5.75. The number of rotatable bonds is 6. The normalized spacial score (nSPS) is 10.5. The molecular weight excluding hydrogens is 399 g/mol. The van der Waals surface area contributed by atoms with Gasteiger partial charge in [0.2, 0.25) is 0 Å². The summed E-state index contributed by atoms with van der Waals surface area (Å²) >= 11 is 0. The molecule has 0 saturated heterocycles. The largest absolute Gasteiger partial charge is 0.319 e. The lowest BCUT2D eigenvalue weighted by Crippen LogP contribution is -2.18. The van der Waals surface area contributed by atoms with Crippen LogP contribution in [0, 0.1) is 5.82 Å². The van der Waals surface area contributed by atoms with Crippen LogP contribution in [0.2, 0.25) is 0 Å². The predicted molar refractivity (Wildman–Crippen MR) is 112 cm³/mol. The van der Waals surface area contributed by atoms with Gasteiger partial charge in [-0.25, -0.2) is 9.07 Å². The van der Waals surface area contributed by atoms with E-state index < -0.39 is 17.6 Å². The van der Waals surface area contributed by atoms with Gasteiger partial charge in [0.25, 0.3) is 11.8 Å². The molecule has 0 aliphatic heterocycles. The Morgan fingerprint density at radius 2 is 1.61 bits per heavy atom. The number of aromatic nitrogens is 4. The standard InChI is InChI=1S/C22H17FN6O2/c23-16-9-10-17(25-21(30)18-8-4-5-11-24-18)19(12-16)26-22(31)20-14-29(28-27-20)13-15-6-2-1-3-7-15/h1-12,14H,13H2,(H,25,30)(H,26,31). The molecule has 0 aliphatic carbocycles. The maximum Gasteiger partial charge on any atom is 0.277 e. The molecule has 0 spiro atoms. The van der Waals surface area contributed by atoms with Gasteiger partial charge in [0, 0.05) is 6.20 Å². The Morgan fingerprint density at radius 1 is 0.871 bits per heavy atom. The van der Waals surface area contributed by atoms with Crippen molar-refractivity contribution in [2.75, 3.05) is 10.6 Å². The van der Waals surface area contributed by atoms with Gasteiger partial charge in [-0.05, 0) is 35.9 Å². The first kappa shape index (κ1) is 19.9. The van der Waals surface area contributed by atoms with Crippen molar-refractivity contribution < 1.29 is 14.0 Å². The molecule has 2 heterocycles. The fraction of sp³-hybridized carbons (Fsp3) is 0.0455. The van der Waals surface area contributed by atoms with Crippen LogP contribution in [0.1, 0.15) is 26.5 Å². The third-order valence-corrected chi connectivity index (χ3v) is 4.33. The van der Waals surface area contributed by atoms with Crippen molar-refractivity contribution >= 4 is 23.2 Å². The molecule has 2 amide bonds. The van der Waals surface area contributed by atoms with E-state index in [1.54, 1.807) is 18.2 Å². The van der Waals surface area contributed by atoms with Crippen LogP contribution >= 0.6 is 0 Å². The molecule has 0 aliphatic rings. The maximum atomic E-state index is 13.8. The van der Waals surface area contributed by atoms with Crippen LogP contribution in [0.15, 0.2) is 79.1 Å². The highest BCUT2D eigenvalue weighted by molar-refractivity contribution is 6.08. The molecule has 0 fully saturated rings. The molecule has 0 radical (unpaired) electrons. The van der Waals surface area contributed by atoms with Crippen LogP contribution in [-0.4, -0.2) is 31.8 Å².